The van der Waals surface area contributed by atoms with Gasteiger partial charge in [-0.2, -0.15) is 0 Å². The molecule has 0 aromatic heterocycles. The van der Waals surface area contributed by atoms with Gasteiger partial charge in [-0.05, 0) is 44.1 Å². The molecule has 0 radical (unpaired) electrons. The summed E-state index contributed by atoms with van der Waals surface area (Å²) in [6, 6.07) is 0. The second-order valence-corrected chi connectivity index (χ2v) is 7.66. The molecule has 0 aromatic rings. The van der Waals surface area contributed by atoms with E-state index in [2.05, 4.69) is 59.2 Å². The third-order valence-electron chi connectivity index (χ3n) is 5.31. The average molecular weight is 360 g/mol. The molecule has 1 unspecified atom stereocenters. The molecule has 0 rings (SSSR count). The summed E-state index contributed by atoms with van der Waals surface area (Å²) in [6.07, 6.45) is 19.5. The van der Waals surface area contributed by atoms with Crippen molar-refractivity contribution in [1.82, 2.24) is 0 Å². The molecule has 1 nitrogen and oxygen atoms in total. The van der Waals surface area contributed by atoms with Crippen LogP contribution in [0.3, 0.4) is 0 Å². The molecule has 0 aliphatic carbocycles. The summed E-state index contributed by atoms with van der Waals surface area (Å²) >= 11 is 0. The van der Waals surface area contributed by atoms with Gasteiger partial charge in [0.2, 0.25) is 0 Å². The maximum absolute atomic E-state index is 4.85. The number of rotatable bonds is 16. The summed E-state index contributed by atoms with van der Waals surface area (Å²) in [5, 5.41) is 0. The highest BCUT2D eigenvalue weighted by Gasteiger charge is 2.19. The molecular formula is C25H45N. The number of nitrogens with zero attached hydrogens (tertiary/aromatic N) is 1. The van der Waals surface area contributed by atoms with Crippen molar-refractivity contribution < 1.29 is 0 Å². The summed E-state index contributed by atoms with van der Waals surface area (Å²) in [5.41, 5.74) is 5.60. The van der Waals surface area contributed by atoms with E-state index in [1.54, 1.807) is 0 Å². The Kier molecular flexibility index (Phi) is 16.6. The standard InChI is InChI=1S/C25H45N/c1-7-13-17-22(11-5)21-26-25(12-6)24(16-10-4)20-23(18-14-8-2)19-15-9-3/h11,21,23-24H,6-10,13-20H2,1-5H3/b22-11-,26-21?. The fraction of sp³-hybridized carbons (Fsp3) is 0.760. The smallest absolute Gasteiger partial charge is 0.0845 e. The molecule has 26 heavy (non-hydrogen) atoms. The van der Waals surface area contributed by atoms with Crippen LogP contribution in [0.5, 0.6) is 0 Å². The molecule has 0 spiro atoms. The van der Waals surface area contributed by atoms with Gasteiger partial charge in [0.1, 0.15) is 0 Å². The highest BCUT2D eigenvalue weighted by molar-refractivity contribution is 5.79. The van der Waals surface area contributed by atoms with E-state index in [-0.39, 0.29) is 0 Å². The first-order valence-electron chi connectivity index (χ1n) is 11.3. The van der Waals surface area contributed by atoms with E-state index in [4.69, 9.17) is 4.99 Å². The van der Waals surface area contributed by atoms with Crippen molar-refractivity contribution in [2.45, 2.75) is 112 Å². The van der Waals surface area contributed by atoms with Crippen LogP contribution in [0.1, 0.15) is 112 Å². The van der Waals surface area contributed by atoms with Gasteiger partial charge in [0.25, 0.3) is 0 Å². The first-order valence-corrected chi connectivity index (χ1v) is 11.3. The molecule has 0 amide bonds. The summed E-state index contributed by atoms with van der Waals surface area (Å²) in [6.45, 7) is 15.2. The van der Waals surface area contributed by atoms with E-state index in [9.17, 15) is 0 Å². The van der Waals surface area contributed by atoms with Crippen molar-refractivity contribution in [3.63, 3.8) is 0 Å². The maximum Gasteiger partial charge on any atom is 0.0845 e. The number of allylic oxidation sites excluding steroid dienone is 3. The molecule has 1 atom stereocenters. The van der Waals surface area contributed by atoms with Crippen LogP contribution in [-0.4, -0.2) is 6.21 Å². The van der Waals surface area contributed by atoms with Crippen molar-refractivity contribution in [2.75, 3.05) is 0 Å². The highest BCUT2D eigenvalue weighted by atomic mass is 14.7. The van der Waals surface area contributed by atoms with E-state index >= 15 is 0 Å². The molecule has 0 saturated carbocycles. The van der Waals surface area contributed by atoms with Crippen molar-refractivity contribution >= 4 is 6.21 Å². The lowest BCUT2D eigenvalue weighted by molar-refractivity contribution is 0.332. The van der Waals surface area contributed by atoms with Crippen LogP contribution in [0.4, 0.5) is 0 Å². The fourth-order valence-electron chi connectivity index (χ4n) is 3.59. The Hall–Kier alpha value is -1.07. The normalized spacial score (nSPS) is 13.4. The maximum atomic E-state index is 4.85. The van der Waals surface area contributed by atoms with Crippen LogP contribution < -0.4 is 0 Å². The van der Waals surface area contributed by atoms with Crippen LogP contribution in [-0.2, 0) is 0 Å². The van der Waals surface area contributed by atoms with E-state index in [0.717, 1.165) is 18.0 Å². The van der Waals surface area contributed by atoms with E-state index in [0.29, 0.717) is 5.92 Å². The van der Waals surface area contributed by atoms with E-state index in [1.807, 2.05) is 0 Å². The largest absolute Gasteiger partial charge is 0.252 e. The number of hydrogen-bond acceptors (Lipinski definition) is 1. The summed E-state index contributed by atoms with van der Waals surface area (Å²) in [4.78, 5) is 4.85. The Morgan fingerprint density at radius 3 is 2.00 bits per heavy atom. The van der Waals surface area contributed by atoms with Crippen LogP contribution in [0, 0.1) is 11.8 Å². The number of unbranched alkanes of at least 4 members (excludes halogenated alkanes) is 3. The van der Waals surface area contributed by atoms with E-state index in [1.165, 1.54) is 76.2 Å². The van der Waals surface area contributed by atoms with Crippen LogP contribution in [0.2, 0.25) is 0 Å². The third kappa shape index (κ3) is 11.5. The second-order valence-electron chi connectivity index (χ2n) is 7.66. The molecule has 0 heterocycles. The van der Waals surface area contributed by atoms with Gasteiger partial charge in [-0.3, -0.25) is 4.99 Å². The van der Waals surface area contributed by atoms with Crippen LogP contribution in [0.25, 0.3) is 0 Å². The van der Waals surface area contributed by atoms with Crippen molar-refractivity contribution in [2.24, 2.45) is 16.8 Å². The molecule has 0 aromatic carbocycles. The highest BCUT2D eigenvalue weighted by Crippen LogP contribution is 2.31. The number of aliphatic imine (C=N–C) groups is 1. The van der Waals surface area contributed by atoms with Crippen molar-refractivity contribution in [1.29, 1.82) is 0 Å². The van der Waals surface area contributed by atoms with Crippen molar-refractivity contribution in [3.05, 3.63) is 29.7 Å². The Balaban J connectivity index is 5.10. The molecule has 0 aliphatic heterocycles. The molecular weight excluding hydrogens is 314 g/mol. The average Bonchev–Trinajstić information content (AvgIpc) is 2.66. The van der Waals surface area contributed by atoms with Gasteiger partial charge in [-0.15, -0.1) is 5.73 Å². The molecule has 0 bridgehead atoms. The monoisotopic (exact) mass is 359 g/mol. The van der Waals surface area contributed by atoms with Gasteiger partial charge >= 0.3 is 0 Å². The molecule has 1 heteroatoms. The molecule has 150 valence electrons. The zero-order chi connectivity index (χ0) is 19.6. The molecule has 0 N–H and O–H groups in total. The minimum Gasteiger partial charge on any atom is -0.252 e. The van der Waals surface area contributed by atoms with Gasteiger partial charge in [0.15, 0.2) is 0 Å². The van der Waals surface area contributed by atoms with Gasteiger partial charge < -0.3 is 0 Å². The van der Waals surface area contributed by atoms with Gasteiger partial charge in [0.05, 0.1) is 5.70 Å². The molecule has 0 aliphatic rings. The van der Waals surface area contributed by atoms with Crippen LogP contribution in [0.15, 0.2) is 34.6 Å². The SMILES string of the molecule is C=C=C(N=C/C(=C\C)CCCC)C(CCC)CC(CCCC)CCCC. The molecule has 0 fully saturated rings. The minimum absolute atomic E-state index is 0.511. The summed E-state index contributed by atoms with van der Waals surface area (Å²) in [7, 11) is 0. The van der Waals surface area contributed by atoms with Gasteiger partial charge in [0, 0.05) is 12.1 Å². The Morgan fingerprint density at radius 2 is 1.54 bits per heavy atom. The summed E-state index contributed by atoms with van der Waals surface area (Å²) < 4.78 is 0. The minimum atomic E-state index is 0.511. The van der Waals surface area contributed by atoms with Crippen LogP contribution >= 0.6 is 0 Å². The lowest BCUT2D eigenvalue weighted by Crippen LogP contribution is -2.11. The zero-order valence-electron chi connectivity index (χ0n) is 18.4. The third-order valence-corrected chi connectivity index (χ3v) is 5.31. The van der Waals surface area contributed by atoms with Gasteiger partial charge in [-0.1, -0.05) is 91.7 Å². The first-order chi connectivity index (χ1) is 12.7. The lowest BCUT2D eigenvalue weighted by atomic mass is 9.83. The van der Waals surface area contributed by atoms with E-state index < -0.39 is 0 Å². The Bertz CT molecular complexity index is 429. The zero-order valence-corrected chi connectivity index (χ0v) is 18.4. The predicted molar refractivity (Wildman–Crippen MR) is 120 cm³/mol. The first kappa shape index (κ1) is 24.9. The Morgan fingerprint density at radius 1 is 0.923 bits per heavy atom. The lowest BCUT2D eigenvalue weighted by Gasteiger charge is -2.23. The van der Waals surface area contributed by atoms with Gasteiger partial charge in [-0.25, -0.2) is 0 Å². The summed E-state index contributed by atoms with van der Waals surface area (Å²) in [5.74, 6) is 1.34. The second kappa shape index (κ2) is 17.3. The topological polar surface area (TPSA) is 12.4 Å². The number of hydrogen-bond donors (Lipinski definition) is 0. The Labute approximate surface area is 164 Å². The predicted octanol–water partition coefficient (Wildman–Crippen LogP) is 8.67. The fourth-order valence-corrected chi connectivity index (χ4v) is 3.59. The molecule has 0 saturated heterocycles. The quantitative estimate of drug-likeness (QED) is 0.193. The van der Waals surface area contributed by atoms with Crippen molar-refractivity contribution in [3.8, 4) is 0 Å².